The highest BCUT2D eigenvalue weighted by Crippen LogP contribution is 2.16. The monoisotopic (exact) mass is 298 g/mol. The lowest BCUT2D eigenvalue weighted by molar-refractivity contribution is -0.124. The van der Waals surface area contributed by atoms with Crippen LogP contribution in [0.5, 0.6) is 5.75 Å². The Bertz CT molecular complexity index is 582. The summed E-state index contributed by atoms with van der Waals surface area (Å²) >= 11 is 0. The van der Waals surface area contributed by atoms with Gasteiger partial charge in [0.2, 0.25) is 5.91 Å². The van der Waals surface area contributed by atoms with E-state index in [-0.39, 0.29) is 11.8 Å². The van der Waals surface area contributed by atoms with E-state index >= 15 is 0 Å². The molecule has 0 aliphatic carbocycles. The van der Waals surface area contributed by atoms with Gasteiger partial charge in [-0.2, -0.15) is 0 Å². The number of amides is 1. The van der Waals surface area contributed by atoms with Crippen LogP contribution in [-0.2, 0) is 17.8 Å². The van der Waals surface area contributed by atoms with Gasteiger partial charge >= 0.3 is 0 Å². The summed E-state index contributed by atoms with van der Waals surface area (Å²) in [7, 11) is 1.63. The van der Waals surface area contributed by atoms with Gasteiger partial charge in [-0.1, -0.05) is 42.5 Å². The van der Waals surface area contributed by atoms with Gasteiger partial charge in [0.05, 0.1) is 5.92 Å². The summed E-state index contributed by atoms with van der Waals surface area (Å²) in [6.45, 7) is 0.885. The highest BCUT2D eigenvalue weighted by atomic mass is 16.5. The van der Waals surface area contributed by atoms with Crippen LogP contribution in [0.3, 0.4) is 0 Å². The number of rotatable bonds is 7. The number of carbonyl (C=O) groups is 1. The minimum absolute atomic E-state index is 0.0214. The van der Waals surface area contributed by atoms with E-state index in [9.17, 15) is 4.79 Å². The third-order valence-electron chi connectivity index (χ3n) is 3.56. The molecule has 0 bridgehead atoms. The van der Waals surface area contributed by atoms with Crippen LogP contribution in [0.1, 0.15) is 11.1 Å². The van der Waals surface area contributed by atoms with Crippen molar-refractivity contribution in [2.45, 2.75) is 13.0 Å². The number of nitrogens with one attached hydrogen (secondary N) is 1. The molecule has 0 saturated carbocycles. The Balaban J connectivity index is 1.91. The molecule has 22 heavy (non-hydrogen) atoms. The van der Waals surface area contributed by atoms with Crippen LogP contribution in [0.4, 0.5) is 0 Å². The Kier molecular flexibility index (Phi) is 5.98. The van der Waals surface area contributed by atoms with Gasteiger partial charge in [-0.3, -0.25) is 4.79 Å². The molecule has 4 nitrogen and oxygen atoms in total. The van der Waals surface area contributed by atoms with E-state index < -0.39 is 0 Å². The van der Waals surface area contributed by atoms with Gasteiger partial charge in [0.1, 0.15) is 12.4 Å². The first-order chi connectivity index (χ1) is 10.7. The standard InChI is InChI=1S/C18H22N2O2/c1-20-18(21)16(12-19)11-14-7-9-17(10-8-14)22-13-15-5-3-2-4-6-15/h2-10,16H,11-13,19H2,1H3,(H,20,21). The molecule has 2 aromatic rings. The second-order valence-electron chi connectivity index (χ2n) is 5.17. The minimum atomic E-state index is -0.193. The Hall–Kier alpha value is -2.33. The van der Waals surface area contributed by atoms with Crippen LogP contribution < -0.4 is 15.8 Å². The van der Waals surface area contributed by atoms with Gasteiger partial charge in [0.15, 0.2) is 0 Å². The fourth-order valence-corrected chi connectivity index (χ4v) is 2.23. The molecule has 0 aromatic heterocycles. The molecular weight excluding hydrogens is 276 g/mol. The molecule has 0 aliphatic rings. The van der Waals surface area contributed by atoms with Crippen molar-refractivity contribution in [3.05, 3.63) is 65.7 Å². The van der Waals surface area contributed by atoms with Gasteiger partial charge in [0.25, 0.3) is 0 Å². The van der Waals surface area contributed by atoms with Crippen LogP contribution in [0.15, 0.2) is 54.6 Å². The molecule has 1 amide bonds. The number of ether oxygens (including phenoxy) is 1. The van der Waals surface area contributed by atoms with Crippen molar-refractivity contribution in [3.63, 3.8) is 0 Å². The summed E-state index contributed by atoms with van der Waals surface area (Å²) in [5.74, 6) is 0.602. The smallest absolute Gasteiger partial charge is 0.224 e. The van der Waals surface area contributed by atoms with Gasteiger partial charge in [-0.25, -0.2) is 0 Å². The van der Waals surface area contributed by atoms with E-state index in [0.717, 1.165) is 16.9 Å². The number of hydrogen-bond acceptors (Lipinski definition) is 3. The van der Waals surface area contributed by atoms with Crippen LogP contribution >= 0.6 is 0 Å². The predicted molar refractivity (Wildman–Crippen MR) is 87.5 cm³/mol. The second-order valence-corrected chi connectivity index (χ2v) is 5.17. The maximum Gasteiger partial charge on any atom is 0.224 e. The fourth-order valence-electron chi connectivity index (χ4n) is 2.23. The highest BCUT2D eigenvalue weighted by Gasteiger charge is 2.15. The molecule has 4 heteroatoms. The molecule has 1 unspecified atom stereocenters. The number of hydrogen-bond donors (Lipinski definition) is 2. The molecule has 0 fully saturated rings. The van der Waals surface area contributed by atoms with Gasteiger partial charge in [0, 0.05) is 13.6 Å². The van der Waals surface area contributed by atoms with Crippen LogP contribution in [0, 0.1) is 5.92 Å². The summed E-state index contributed by atoms with van der Waals surface area (Å²) in [6, 6.07) is 17.8. The van der Waals surface area contributed by atoms with Crippen molar-refractivity contribution in [2.24, 2.45) is 11.7 Å². The molecule has 3 N–H and O–H groups in total. The maximum absolute atomic E-state index is 11.7. The summed E-state index contributed by atoms with van der Waals surface area (Å²) in [5, 5.41) is 2.64. The topological polar surface area (TPSA) is 64.4 Å². The molecule has 0 heterocycles. The van der Waals surface area contributed by atoms with Crippen molar-refractivity contribution >= 4 is 5.91 Å². The predicted octanol–water partition coefficient (Wildman–Crippen LogP) is 2.13. The molecule has 0 spiro atoms. The molecule has 2 aromatic carbocycles. The van der Waals surface area contributed by atoms with Crippen molar-refractivity contribution < 1.29 is 9.53 Å². The minimum Gasteiger partial charge on any atom is -0.489 e. The van der Waals surface area contributed by atoms with Crippen molar-refractivity contribution in [1.82, 2.24) is 5.32 Å². The molecule has 1 atom stereocenters. The van der Waals surface area contributed by atoms with Gasteiger partial charge in [-0.15, -0.1) is 0 Å². The Labute approximate surface area is 131 Å². The SMILES string of the molecule is CNC(=O)C(CN)Cc1ccc(OCc2ccccc2)cc1. The number of benzene rings is 2. The molecular formula is C18H22N2O2. The molecule has 0 saturated heterocycles. The third kappa shape index (κ3) is 4.60. The molecule has 0 aliphatic heterocycles. The van der Waals surface area contributed by atoms with E-state index in [4.69, 9.17) is 10.5 Å². The summed E-state index contributed by atoms with van der Waals surface area (Å²) in [5.41, 5.74) is 7.86. The van der Waals surface area contributed by atoms with E-state index in [1.54, 1.807) is 7.05 Å². The summed E-state index contributed by atoms with van der Waals surface area (Å²) in [4.78, 5) is 11.7. The van der Waals surface area contributed by atoms with E-state index in [2.05, 4.69) is 5.32 Å². The Morgan fingerprint density at radius 3 is 2.36 bits per heavy atom. The third-order valence-corrected chi connectivity index (χ3v) is 3.56. The number of nitrogens with two attached hydrogens (primary N) is 1. The largest absolute Gasteiger partial charge is 0.489 e. The maximum atomic E-state index is 11.7. The zero-order valence-electron chi connectivity index (χ0n) is 12.8. The lowest BCUT2D eigenvalue weighted by Crippen LogP contribution is -2.34. The number of carbonyl (C=O) groups excluding carboxylic acids is 1. The summed E-state index contributed by atoms with van der Waals surface area (Å²) < 4.78 is 5.74. The second kappa shape index (κ2) is 8.20. The Morgan fingerprint density at radius 2 is 1.77 bits per heavy atom. The average Bonchev–Trinajstić information content (AvgIpc) is 2.59. The fraction of sp³-hybridized carbons (Fsp3) is 0.278. The van der Waals surface area contributed by atoms with Crippen LogP contribution in [0.2, 0.25) is 0 Å². The highest BCUT2D eigenvalue weighted by molar-refractivity contribution is 5.78. The lowest BCUT2D eigenvalue weighted by Gasteiger charge is -2.13. The quantitative estimate of drug-likeness (QED) is 0.823. The van der Waals surface area contributed by atoms with Crippen LogP contribution in [-0.4, -0.2) is 19.5 Å². The zero-order chi connectivity index (χ0) is 15.8. The van der Waals surface area contributed by atoms with E-state index in [1.807, 2.05) is 54.6 Å². The van der Waals surface area contributed by atoms with E-state index in [1.165, 1.54) is 0 Å². The zero-order valence-corrected chi connectivity index (χ0v) is 12.8. The normalized spacial score (nSPS) is 11.7. The van der Waals surface area contributed by atoms with Crippen LogP contribution in [0.25, 0.3) is 0 Å². The molecule has 0 radical (unpaired) electrons. The van der Waals surface area contributed by atoms with Gasteiger partial charge in [-0.05, 0) is 29.7 Å². The first-order valence-electron chi connectivity index (χ1n) is 7.40. The Morgan fingerprint density at radius 1 is 1.09 bits per heavy atom. The van der Waals surface area contributed by atoms with Gasteiger partial charge < -0.3 is 15.8 Å². The molecule has 116 valence electrons. The average molecular weight is 298 g/mol. The van der Waals surface area contributed by atoms with Crippen molar-refractivity contribution in [2.75, 3.05) is 13.6 Å². The summed E-state index contributed by atoms with van der Waals surface area (Å²) in [6.07, 6.45) is 0.634. The van der Waals surface area contributed by atoms with Crippen molar-refractivity contribution in [3.8, 4) is 5.75 Å². The first-order valence-corrected chi connectivity index (χ1v) is 7.40. The lowest BCUT2D eigenvalue weighted by atomic mass is 9.98. The van der Waals surface area contributed by atoms with E-state index in [0.29, 0.717) is 19.6 Å². The first kappa shape index (κ1) is 16.0. The molecule has 2 rings (SSSR count). The van der Waals surface area contributed by atoms with Crippen molar-refractivity contribution in [1.29, 1.82) is 0 Å².